The number of halogens is 1. The number of carboxylic acids is 1. The maximum atomic E-state index is 13.0. The van der Waals surface area contributed by atoms with Crippen LogP contribution in [0.15, 0.2) is 65.1 Å². The van der Waals surface area contributed by atoms with Gasteiger partial charge in [0.1, 0.15) is 11.6 Å². The van der Waals surface area contributed by atoms with E-state index in [1.807, 2.05) is 0 Å². The zero-order valence-electron chi connectivity index (χ0n) is 13.7. The fraction of sp³-hybridized carbons (Fsp3) is 0.100. The quantitative estimate of drug-likeness (QED) is 0.690. The Bertz CT molecular complexity index is 931. The SMILES string of the molecule is O=C(O)CCc1cccc(NC(=O)c2ccc(-c3ccc(F)cc3)o2)c1. The van der Waals surface area contributed by atoms with Crippen LogP contribution in [0.4, 0.5) is 10.1 Å². The van der Waals surface area contributed by atoms with Gasteiger partial charge in [0.25, 0.3) is 5.91 Å². The monoisotopic (exact) mass is 353 g/mol. The van der Waals surface area contributed by atoms with Crippen molar-refractivity contribution in [1.29, 1.82) is 0 Å². The summed E-state index contributed by atoms with van der Waals surface area (Å²) in [6.07, 6.45) is 0.408. The lowest BCUT2D eigenvalue weighted by Crippen LogP contribution is -2.11. The largest absolute Gasteiger partial charge is 0.481 e. The van der Waals surface area contributed by atoms with Crippen molar-refractivity contribution in [3.05, 3.63) is 77.8 Å². The summed E-state index contributed by atoms with van der Waals surface area (Å²) in [5.74, 6) is -1.05. The van der Waals surface area contributed by atoms with Gasteiger partial charge in [-0.05, 0) is 60.5 Å². The summed E-state index contributed by atoms with van der Waals surface area (Å²) in [5.41, 5.74) is 2.04. The van der Waals surface area contributed by atoms with Crippen LogP contribution in [0.25, 0.3) is 11.3 Å². The van der Waals surface area contributed by atoms with Crippen molar-refractivity contribution < 1.29 is 23.5 Å². The Hall–Kier alpha value is -3.41. The minimum atomic E-state index is -0.872. The second kappa shape index (κ2) is 7.65. The predicted molar refractivity (Wildman–Crippen MR) is 94.5 cm³/mol. The molecule has 1 heterocycles. The number of nitrogens with one attached hydrogen (secondary N) is 1. The van der Waals surface area contributed by atoms with Gasteiger partial charge in [-0.1, -0.05) is 12.1 Å². The molecular formula is C20H16FNO4. The number of hydrogen-bond acceptors (Lipinski definition) is 3. The molecule has 6 heteroatoms. The Morgan fingerprint density at radius 3 is 2.54 bits per heavy atom. The highest BCUT2D eigenvalue weighted by Gasteiger charge is 2.13. The lowest BCUT2D eigenvalue weighted by molar-refractivity contribution is -0.136. The van der Waals surface area contributed by atoms with Crippen LogP contribution in [0.1, 0.15) is 22.5 Å². The van der Waals surface area contributed by atoms with Gasteiger partial charge < -0.3 is 14.8 Å². The van der Waals surface area contributed by atoms with E-state index in [1.54, 1.807) is 48.5 Å². The molecule has 1 amide bonds. The fourth-order valence-electron chi connectivity index (χ4n) is 2.48. The molecule has 3 rings (SSSR count). The second-order valence-electron chi connectivity index (χ2n) is 5.72. The molecule has 2 aromatic carbocycles. The first-order valence-electron chi connectivity index (χ1n) is 7.99. The minimum Gasteiger partial charge on any atom is -0.481 e. The molecule has 0 aliphatic heterocycles. The first-order valence-corrected chi connectivity index (χ1v) is 7.99. The van der Waals surface area contributed by atoms with E-state index in [-0.39, 0.29) is 18.0 Å². The third kappa shape index (κ3) is 4.36. The van der Waals surface area contributed by atoms with E-state index in [0.717, 1.165) is 5.56 Å². The van der Waals surface area contributed by atoms with Crippen molar-refractivity contribution in [2.24, 2.45) is 0 Å². The lowest BCUT2D eigenvalue weighted by atomic mass is 10.1. The highest BCUT2D eigenvalue weighted by Crippen LogP contribution is 2.23. The van der Waals surface area contributed by atoms with Crippen LogP contribution >= 0.6 is 0 Å². The van der Waals surface area contributed by atoms with Crippen molar-refractivity contribution in [2.45, 2.75) is 12.8 Å². The van der Waals surface area contributed by atoms with Gasteiger partial charge in [-0.3, -0.25) is 9.59 Å². The molecule has 0 atom stereocenters. The average molecular weight is 353 g/mol. The maximum absolute atomic E-state index is 13.0. The van der Waals surface area contributed by atoms with Crippen LogP contribution in [0.3, 0.4) is 0 Å². The molecule has 1 aromatic heterocycles. The van der Waals surface area contributed by atoms with Gasteiger partial charge in [-0.15, -0.1) is 0 Å². The van der Waals surface area contributed by atoms with E-state index in [4.69, 9.17) is 9.52 Å². The van der Waals surface area contributed by atoms with Crippen molar-refractivity contribution in [3.8, 4) is 11.3 Å². The number of carbonyl (C=O) groups excluding carboxylic acids is 1. The normalized spacial score (nSPS) is 10.5. The fourth-order valence-corrected chi connectivity index (χ4v) is 2.48. The number of carboxylic acid groups (broad SMARTS) is 1. The number of amides is 1. The zero-order chi connectivity index (χ0) is 18.5. The lowest BCUT2D eigenvalue weighted by Gasteiger charge is -2.06. The highest BCUT2D eigenvalue weighted by atomic mass is 19.1. The van der Waals surface area contributed by atoms with Crippen molar-refractivity contribution in [1.82, 2.24) is 0 Å². The van der Waals surface area contributed by atoms with Crippen LogP contribution in [-0.2, 0) is 11.2 Å². The number of anilines is 1. The summed E-state index contributed by atoms with van der Waals surface area (Å²) in [7, 11) is 0. The van der Waals surface area contributed by atoms with Gasteiger partial charge in [0.05, 0.1) is 0 Å². The molecule has 2 N–H and O–H groups in total. The van der Waals surface area contributed by atoms with E-state index in [9.17, 15) is 14.0 Å². The number of rotatable bonds is 6. The van der Waals surface area contributed by atoms with Crippen molar-refractivity contribution >= 4 is 17.6 Å². The smallest absolute Gasteiger partial charge is 0.303 e. The van der Waals surface area contributed by atoms with E-state index in [0.29, 0.717) is 23.4 Å². The van der Waals surface area contributed by atoms with Gasteiger partial charge in [0, 0.05) is 17.7 Å². The Labute approximate surface area is 149 Å². The standard InChI is InChI=1S/C20H16FNO4/c21-15-7-5-14(6-8-15)17-9-10-18(26-17)20(25)22-16-3-1-2-13(12-16)4-11-19(23)24/h1-3,5-10,12H,4,11H2,(H,22,25)(H,23,24). The first-order chi connectivity index (χ1) is 12.5. The molecule has 0 bridgehead atoms. The molecule has 5 nitrogen and oxygen atoms in total. The van der Waals surface area contributed by atoms with Crippen molar-refractivity contribution in [2.75, 3.05) is 5.32 Å². The average Bonchev–Trinajstić information content (AvgIpc) is 3.11. The number of carbonyl (C=O) groups is 2. The number of benzene rings is 2. The summed E-state index contributed by atoms with van der Waals surface area (Å²) in [6.45, 7) is 0. The van der Waals surface area contributed by atoms with Gasteiger partial charge >= 0.3 is 5.97 Å². The Morgan fingerprint density at radius 2 is 1.81 bits per heavy atom. The summed E-state index contributed by atoms with van der Waals surface area (Å²) < 4.78 is 18.5. The molecule has 132 valence electrons. The van der Waals surface area contributed by atoms with Gasteiger partial charge in [0.2, 0.25) is 0 Å². The third-order valence-electron chi connectivity index (χ3n) is 3.77. The number of furan rings is 1. The van der Waals surface area contributed by atoms with Crippen molar-refractivity contribution in [3.63, 3.8) is 0 Å². The maximum Gasteiger partial charge on any atom is 0.303 e. The third-order valence-corrected chi connectivity index (χ3v) is 3.77. The van der Waals surface area contributed by atoms with Crippen LogP contribution in [0, 0.1) is 5.82 Å². The van der Waals surface area contributed by atoms with Crippen LogP contribution in [-0.4, -0.2) is 17.0 Å². The number of aryl methyl sites for hydroxylation is 1. The van der Waals surface area contributed by atoms with Crippen LogP contribution in [0.5, 0.6) is 0 Å². The zero-order valence-corrected chi connectivity index (χ0v) is 13.7. The summed E-state index contributed by atoms with van der Waals surface area (Å²) >= 11 is 0. The van der Waals surface area contributed by atoms with E-state index < -0.39 is 11.9 Å². The molecule has 0 unspecified atom stereocenters. The number of hydrogen-bond donors (Lipinski definition) is 2. The van der Waals surface area contributed by atoms with Gasteiger partial charge in [0.15, 0.2) is 5.76 Å². The molecule has 0 saturated heterocycles. The molecule has 26 heavy (non-hydrogen) atoms. The molecule has 3 aromatic rings. The second-order valence-corrected chi connectivity index (χ2v) is 5.72. The molecule has 0 aliphatic rings. The Balaban J connectivity index is 1.69. The summed E-state index contributed by atoms with van der Waals surface area (Å²) in [5, 5.41) is 11.5. The van der Waals surface area contributed by atoms with E-state index in [1.165, 1.54) is 12.1 Å². The molecule has 0 saturated carbocycles. The number of aliphatic carboxylic acids is 1. The Kier molecular flexibility index (Phi) is 5.12. The molecule has 0 fully saturated rings. The first kappa shape index (κ1) is 17.4. The van der Waals surface area contributed by atoms with Crippen LogP contribution < -0.4 is 5.32 Å². The summed E-state index contributed by atoms with van der Waals surface area (Å²) in [4.78, 5) is 23.0. The summed E-state index contributed by atoms with van der Waals surface area (Å²) in [6, 6.07) is 16.0. The molecule has 0 aliphatic carbocycles. The predicted octanol–water partition coefficient (Wildman–Crippen LogP) is 4.36. The van der Waals surface area contributed by atoms with Gasteiger partial charge in [-0.25, -0.2) is 4.39 Å². The molecular weight excluding hydrogens is 337 g/mol. The topological polar surface area (TPSA) is 79.5 Å². The van der Waals surface area contributed by atoms with E-state index >= 15 is 0 Å². The minimum absolute atomic E-state index is 0.0244. The van der Waals surface area contributed by atoms with Gasteiger partial charge in [-0.2, -0.15) is 0 Å². The molecule has 0 radical (unpaired) electrons. The highest BCUT2D eigenvalue weighted by molar-refractivity contribution is 6.02. The molecule has 0 spiro atoms. The Morgan fingerprint density at radius 1 is 1.04 bits per heavy atom. The van der Waals surface area contributed by atoms with Crippen LogP contribution in [0.2, 0.25) is 0 Å². The van der Waals surface area contributed by atoms with E-state index in [2.05, 4.69) is 5.32 Å².